The van der Waals surface area contributed by atoms with Crippen LogP contribution >= 0.6 is 0 Å². The molecule has 0 aromatic carbocycles. The lowest BCUT2D eigenvalue weighted by Crippen LogP contribution is -2.31. The quantitative estimate of drug-likeness (QED) is 0.179. The van der Waals surface area contributed by atoms with E-state index in [1.807, 2.05) is 0 Å². The van der Waals surface area contributed by atoms with Gasteiger partial charge in [-0.2, -0.15) is 0 Å². The highest BCUT2D eigenvalue weighted by molar-refractivity contribution is 4.41. The van der Waals surface area contributed by atoms with Gasteiger partial charge in [0.05, 0.1) is 0 Å². The van der Waals surface area contributed by atoms with Crippen LogP contribution in [0.25, 0.3) is 0 Å². The zero-order valence-electron chi connectivity index (χ0n) is 6.41. The number of likely N-dealkylation sites (N-methyl/N-ethyl adjacent to an activating group) is 1. The summed E-state index contributed by atoms with van der Waals surface area (Å²) in [7, 11) is 0. The second-order valence-corrected chi connectivity index (χ2v) is 1.55. The molecule has 5 N–H and O–H groups in total. The fourth-order valence-electron chi connectivity index (χ4n) is 0.337. The second kappa shape index (κ2) is 11.8. The number of hydrogen-bond donors (Lipinski definition) is 4. The molecule has 0 saturated carbocycles. The molecule has 0 aliphatic rings. The van der Waals surface area contributed by atoms with Gasteiger partial charge in [0.2, 0.25) is 0 Å². The normalized spacial score (nSPS) is 8.18. The van der Waals surface area contributed by atoms with Crippen LogP contribution in [-0.4, -0.2) is 29.9 Å². The van der Waals surface area contributed by atoms with Gasteiger partial charge in [-0.15, -0.1) is 10.1 Å². The standard InChI is InChI=1S/C4H13N3.HNO3/c1-2-6-3-4-7-5;2-1(3)4/h6-7H,2-5H2,1H3;(H,2,3,4). The van der Waals surface area contributed by atoms with Crippen molar-refractivity contribution in [2.24, 2.45) is 5.84 Å². The Morgan fingerprint density at radius 2 is 2.09 bits per heavy atom. The fourth-order valence-corrected chi connectivity index (χ4v) is 0.337. The van der Waals surface area contributed by atoms with Gasteiger partial charge in [-0.1, -0.05) is 6.92 Å². The Hall–Kier alpha value is -0.920. The zero-order valence-corrected chi connectivity index (χ0v) is 6.41. The highest BCUT2D eigenvalue weighted by Gasteiger charge is 1.76. The van der Waals surface area contributed by atoms with E-state index < -0.39 is 5.09 Å². The number of hydrazine groups is 1. The van der Waals surface area contributed by atoms with Crippen LogP contribution in [0, 0.1) is 10.1 Å². The Morgan fingerprint density at radius 1 is 1.64 bits per heavy atom. The summed E-state index contributed by atoms with van der Waals surface area (Å²) in [6.07, 6.45) is 0. The van der Waals surface area contributed by atoms with Gasteiger partial charge in [-0.05, 0) is 6.54 Å². The van der Waals surface area contributed by atoms with Crippen LogP contribution in [0.5, 0.6) is 0 Å². The average Bonchev–Trinajstić information content (AvgIpc) is 1.88. The van der Waals surface area contributed by atoms with E-state index in [0.29, 0.717) is 0 Å². The third-order valence-corrected chi connectivity index (χ3v) is 0.696. The fraction of sp³-hybridized carbons (Fsp3) is 1.00. The molecule has 7 heteroatoms. The lowest BCUT2D eigenvalue weighted by Gasteiger charge is -1.96. The van der Waals surface area contributed by atoms with E-state index in [-0.39, 0.29) is 0 Å². The molecule has 0 heterocycles. The molecule has 0 atom stereocenters. The highest BCUT2D eigenvalue weighted by Crippen LogP contribution is 1.51. The average molecular weight is 166 g/mol. The van der Waals surface area contributed by atoms with E-state index in [1.165, 1.54) is 0 Å². The summed E-state index contributed by atoms with van der Waals surface area (Å²) in [6.45, 7) is 4.87. The zero-order chi connectivity index (χ0) is 9.11. The van der Waals surface area contributed by atoms with Crippen molar-refractivity contribution in [2.75, 3.05) is 19.6 Å². The lowest BCUT2D eigenvalue weighted by molar-refractivity contribution is -0.742. The molecule has 11 heavy (non-hydrogen) atoms. The predicted octanol–water partition coefficient (Wildman–Crippen LogP) is -1.29. The molecule has 7 nitrogen and oxygen atoms in total. The second-order valence-electron chi connectivity index (χ2n) is 1.55. The molecule has 0 aromatic rings. The van der Waals surface area contributed by atoms with E-state index in [2.05, 4.69) is 17.7 Å². The maximum absolute atomic E-state index is 8.36. The van der Waals surface area contributed by atoms with Crippen LogP contribution < -0.4 is 16.6 Å². The van der Waals surface area contributed by atoms with Crippen molar-refractivity contribution < 1.29 is 10.3 Å². The third kappa shape index (κ3) is 48.0. The van der Waals surface area contributed by atoms with E-state index in [9.17, 15) is 0 Å². The Bertz CT molecular complexity index is 81.4. The monoisotopic (exact) mass is 166 g/mol. The van der Waals surface area contributed by atoms with Crippen LogP contribution in [0.2, 0.25) is 0 Å². The first-order chi connectivity index (χ1) is 5.15. The van der Waals surface area contributed by atoms with Crippen LogP contribution in [0.1, 0.15) is 6.92 Å². The van der Waals surface area contributed by atoms with Gasteiger partial charge in [0.1, 0.15) is 0 Å². The van der Waals surface area contributed by atoms with E-state index in [1.54, 1.807) is 0 Å². The molecule has 0 aliphatic heterocycles. The van der Waals surface area contributed by atoms with Crippen molar-refractivity contribution in [3.63, 3.8) is 0 Å². The van der Waals surface area contributed by atoms with E-state index >= 15 is 0 Å². The van der Waals surface area contributed by atoms with Gasteiger partial charge in [0.25, 0.3) is 5.09 Å². The summed E-state index contributed by atoms with van der Waals surface area (Å²) < 4.78 is 0. The van der Waals surface area contributed by atoms with Gasteiger partial charge < -0.3 is 10.5 Å². The van der Waals surface area contributed by atoms with Gasteiger partial charge in [0, 0.05) is 13.1 Å². The van der Waals surface area contributed by atoms with Crippen LogP contribution in [0.4, 0.5) is 0 Å². The van der Waals surface area contributed by atoms with Crippen LogP contribution in [0.3, 0.4) is 0 Å². The maximum Gasteiger partial charge on any atom is 0.291 e. The van der Waals surface area contributed by atoms with Crippen molar-refractivity contribution >= 4 is 0 Å². The summed E-state index contributed by atoms with van der Waals surface area (Å²) in [5, 5.41) is 16.7. The number of rotatable bonds is 4. The van der Waals surface area contributed by atoms with Gasteiger partial charge in [-0.3, -0.25) is 11.3 Å². The molecule has 0 bridgehead atoms. The largest absolute Gasteiger partial charge is 0.328 e. The lowest BCUT2D eigenvalue weighted by atomic mass is 10.6. The third-order valence-electron chi connectivity index (χ3n) is 0.696. The predicted molar refractivity (Wildman–Crippen MR) is 39.5 cm³/mol. The molecule has 0 unspecified atom stereocenters. The summed E-state index contributed by atoms with van der Waals surface area (Å²) in [5.74, 6) is 4.98. The summed E-state index contributed by atoms with van der Waals surface area (Å²) in [6, 6.07) is 0. The van der Waals surface area contributed by atoms with Crippen molar-refractivity contribution in [3.05, 3.63) is 10.1 Å². The highest BCUT2D eigenvalue weighted by atomic mass is 16.9. The van der Waals surface area contributed by atoms with Crippen LogP contribution in [-0.2, 0) is 0 Å². The number of nitrogens with zero attached hydrogens (tertiary/aromatic N) is 1. The Balaban J connectivity index is 0. The number of nitrogens with one attached hydrogen (secondary N) is 2. The number of hydrogen-bond acceptors (Lipinski definition) is 5. The minimum Gasteiger partial charge on any atom is -0.328 e. The topological polar surface area (TPSA) is 113 Å². The first kappa shape index (κ1) is 12.7. The molecule has 68 valence electrons. The van der Waals surface area contributed by atoms with Crippen LogP contribution in [0.15, 0.2) is 0 Å². The number of nitrogens with two attached hydrogens (primary N) is 1. The van der Waals surface area contributed by atoms with Gasteiger partial charge in [-0.25, -0.2) is 0 Å². The molecule has 0 aromatic heterocycles. The molecule has 0 amide bonds. The molecule has 0 radical (unpaired) electrons. The summed E-state index contributed by atoms with van der Waals surface area (Å²) in [5.41, 5.74) is 2.54. The molecular weight excluding hydrogens is 152 g/mol. The minimum atomic E-state index is -1.50. The first-order valence-electron chi connectivity index (χ1n) is 3.12. The summed E-state index contributed by atoms with van der Waals surface area (Å²) in [4.78, 5) is 8.36. The molecule has 0 rings (SSSR count). The maximum atomic E-state index is 8.36. The molecular formula is C4H14N4O3. The minimum absolute atomic E-state index is 0.841. The Kier molecular flexibility index (Phi) is 13.7. The smallest absolute Gasteiger partial charge is 0.291 e. The SMILES string of the molecule is CCNCCNN.O=[N+]([O-])O. The van der Waals surface area contributed by atoms with Crippen molar-refractivity contribution in [1.29, 1.82) is 0 Å². The van der Waals surface area contributed by atoms with Gasteiger partial charge in [0.15, 0.2) is 0 Å². The Labute approximate surface area is 64.7 Å². The molecule has 0 saturated heterocycles. The molecule has 0 spiro atoms. The first-order valence-corrected chi connectivity index (χ1v) is 3.12. The van der Waals surface area contributed by atoms with Gasteiger partial charge >= 0.3 is 0 Å². The van der Waals surface area contributed by atoms with E-state index in [0.717, 1.165) is 19.6 Å². The van der Waals surface area contributed by atoms with Crippen molar-refractivity contribution in [3.8, 4) is 0 Å². The Morgan fingerprint density at radius 3 is 2.36 bits per heavy atom. The van der Waals surface area contributed by atoms with Crippen molar-refractivity contribution in [1.82, 2.24) is 10.7 Å². The molecule has 0 aliphatic carbocycles. The van der Waals surface area contributed by atoms with Crippen molar-refractivity contribution in [2.45, 2.75) is 6.92 Å². The van der Waals surface area contributed by atoms with E-state index in [4.69, 9.17) is 21.2 Å². The molecule has 0 fully saturated rings. The summed E-state index contributed by atoms with van der Waals surface area (Å²) >= 11 is 0.